The largest absolute Gasteiger partial charge is 0.488 e. The van der Waals surface area contributed by atoms with Gasteiger partial charge in [0.25, 0.3) is 0 Å². The normalized spacial score (nSPS) is 14.8. The number of aldehydes is 1. The number of ether oxygens (including phenoxy) is 1. The number of anilines is 1. The van der Waals surface area contributed by atoms with Gasteiger partial charge in [0.15, 0.2) is 6.29 Å². The van der Waals surface area contributed by atoms with Crippen LogP contribution < -0.4 is 9.64 Å². The lowest BCUT2D eigenvalue weighted by Crippen LogP contribution is -2.14. The van der Waals surface area contributed by atoms with Gasteiger partial charge in [0, 0.05) is 26.4 Å². The zero-order valence-electron chi connectivity index (χ0n) is 8.93. The molecule has 15 heavy (non-hydrogen) atoms. The molecule has 1 aliphatic carbocycles. The van der Waals surface area contributed by atoms with Gasteiger partial charge in [-0.1, -0.05) is 0 Å². The standard InChI is InChI=1S/C11H14N2O2/c1-13(2)11-9(7-14)12-6-5-10(11)15-8-3-4-8/h5-8H,3-4H2,1-2H3. The summed E-state index contributed by atoms with van der Waals surface area (Å²) < 4.78 is 5.72. The van der Waals surface area contributed by atoms with Crippen molar-refractivity contribution in [3.63, 3.8) is 0 Å². The minimum atomic E-state index is 0.325. The van der Waals surface area contributed by atoms with Gasteiger partial charge in [-0.3, -0.25) is 9.78 Å². The molecule has 80 valence electrons. The fourth-order valence-corrected chi connectivity index (χ4v) is 1.45. The van der Waals surface area contributed by atoms with E-state index in [1.165, 1.54) is 0 Å². The molecule has 0 bridgehead atoms. The molecule has 0 spiro atoms. The molecule has 0 radical (unpaired) electrons. The maximum absolute atomic E-state index is 10.8. The number of carbonyl (C=O) groups excluding carboxylic acids is 1. The van der Waals surface area contributed by atoms with E-state index < -0.39 is 0 Å². The Kier molecular flexibility index (Phi) is 2.58. The smallest absolute Gasteiger partial charge is 0.170 e. The van der Waals surface area contributed by atoms with Gasteiger partial charge in [0.05, 0.1) is 6.10 Å². The molecule has 0 aliphatic heterocycles. The summed E-state index contributed by atoms with van der Waals surface area (Å²) in [6.07, 6.45) is 4.89. The third-order valence-electron chi connectivity index (χ3n) is 2.29. The molecule has 1 saturated carbocycles. The van der Waals surface area contributed by atoms with Crippen LogP contribution in [0, 0.1) is 0 Å². The van der Waals surface area contributed by atoms with E-state index in [1.54, 1.807) is 12.3 Å². The lowest BCUT2D eigenvalue weighted by molar-refractivity contribution is 0.111. The molecule has 1 heterocycles. The number of aromatic nitrogens is 1. The van der Waals surface area contributed by atoms with E-state index >= 15 is 0 Å². The van der Waals surface area contributed by atoms with Gasteiger partial charge in [0.1, 0.15) is 17.1 Å². The fraction of sp³-hybridized carbons (Fsp3) is 0.455. The topological polar surface area (TPSA) is 42.4 Å². The highest BCUT2D eigenvalue weighted by Crippen LogP contribution is 2.34. The van der Waals surface area contributed by atoms with E-state index in [4.69, 9.17) is 4.74 Å². The fourth-order valence-electron chi connectivity index (χ4n) is 1.45. The third-order valence-corrected chi connectivity index (χ3v) is 2.29. The van der Waals surface area contributed by atoms with Crippen LogP contribution in [-0.2, 0) is 0 Å². The lowest BCUT2D eigenvalue weighted by atomic mass is 10.2. The van der Waals surface area contributed by atoms with E-state index in [0.29, 0.717) is 11.8 Å². The van der Waals surface area contributed by atoms with Crippen LogP contribution in [0.4, 0.5) is 5.69 Å². The maximum Gasteiger partial charge on any atom is 0.170 e. The number of hydrogen-bond acceptors (Lipinski definition) is 4. The van der Waals surface area contributed by atoms with Crippen LogP contribution in [0.2, 0.25) is 0 Å². The van der Waals surface area contributed by atoms with Crippen molar-refractivity contribution in [2.45, 2.75) is 18.9 Å². The number of carbonyl (C=O) groups is 1. The van der Waals surface area contributed by atoms with E-state index in [1.807, 2.05) is 19.0 Å². The summed E-state index contributed by atoms with van der Waals surface area (Å²) in [6.45, 7) is 0. The highest BCUT2D eigenvalue weighted by molar-refractivity contribution is 5.84. The monoisotopic (exact) mass is 206 g/mol. The SMILES string of the molecule is CN(C)c1c(OC2CC2)ccnc1C=O. The molecule has 2 rings (SSSR count). The third kappa shape index (κ3) is 2.09. The molecule has 1 aromatic rings. The highest BCUT2D eigenvalue weighted by atomic mass is 16.5. The molecule has 1 aromatic heterocycles. The second-order valence-corrected chi connectivity index (χ2v) is 3.87. The summed E-state index contributed by atoms with van der Waals surface area (Å²) in [7, 11) is 3.76. The highest BCUT2D eigenvalue weighted by Gasteiger charge is 2.25. The molecule has 0 aromatic carbocycles. The molecule has 0 N–H and O–H groups in total. The minimum Gasteiger partial charge on any atom is -0.488 e. The van der Waals surface area contributed by atoms with Crippen molar-refractivity contribution in [2.24, 2.45) is 0 Å². The van der Waals surface area contributed by atoms with Gasteiger partial charge in [-0.05, 0) is 12.8 Å². The number of nitrogens with zero attached hydrogens (tertiary/aromatic N) is 2. The first-order chi connectivity index (χ1) is 7.22. The average Bonchev–Trinajstić information content (AvgIpc) is 3.01. The van der Waals surface area contributed by atoms with Gasteiger partial charge in [0.2, 0.25) is 0 Å². The van der Waals surface area contributed by atoms with Gasteiger partial charge in [-0.2, -0.15) is 0 Å². The van der Waals surface area contributed by atoms with Gasteiger partial charge in [-0.25, -0.2) is 0 Å². The van der Waals surface area contributed by atoms with Crippen molar-refractivity contribution in [3.8, 4) is 5.75 Å². The summed E-state index contributed by atoms with van der Waals surface area (Å²) in [6, 6.07) is 1.81. The van der Waals surface area contributed by atoms with Crippen LogP contribution in [0.25, 0.3) is 0 Å². The molecule has 0 saturated heterocycles. The van der Waals surface area contributed by atoms with E-state index in [2.05, 4.69) is 4.98 Å². The van der Waals surface area contributed by atoms with E-state index in [-0.39, 0.29) is 0 Å². The van der Waals surface area contributed by atoms with Crippen LogP contribution >= 0.6 is 0 Å². The second-order valence-electron chi connectivity index (χ2n) is 3.87. The molecule has 1 aliphatic rings. The summed E-state index contributed by atoms with van der Waals surface area (Å²) >= 11 is 0. The van der Waals surface area contributed by atoms with Gasteiger partial charge in [-0.15, -0.1) is 0 Å². The molecular formula is C11H14N2O2. The summed E-state index contributed by atoms with van der Waals surface area (Å²) in [5.74, 6) is 0.750. The van der Waals surface area contributed by atoms with Gasteiger partial charge < -0.3 is 9.64 Å². The molecule has 4 nitrogen and oxygen atoms in total. The van der Waals surface area contributed by atoms with Crippen molar-refractivity contribution in [2.75, 3.05) is 19.0 Å². The minimum absolute atomic E-state index is 0.325. The Morgan fingerprint density at radius 3 is 2.80 bits per heavy atom. The molecule has 0 unspecified atom stereocenters. The molecule has 1 fully saturated rings. The Hall–Kier alpha value is -1.58. The van der Waals surface area contributed by atoms with Gasteiger partial charge >= 0.3 is 0 Å². The van der Waals surface area contributed by atoms with Crippen molar-refractivity contribution in [1.29, 1.82) is 0 Å². The predicted octanol–water partition coefficient (Wildman–Crippen LogP) is 1.50. The molecule has 0 amide bonds. The zero-order valence-corrected chi connectivity index (χ0v) is 8.93. The molecular weight excluding hydrogens is 192 g/mol. The Bertz CT molecular complexity index is 373. The quantitative estimate of drug-likeness (QED) is 0.700. The summed E-state index contributed by atoms with van der Waals surface area (Å²) in [5, 5.41) is 0. The van der Waals surface area contributed by atoms with E-state index in [9.17, 15) is 4.79 Å². The Morgan fingerprint density at radius 2 is 2.27 bits per heavy atom. The van der Waals surface area contributed by atoms with Crippen molar-refractivity contribution in [3.05, 3.63) is 18.0 Å². The molecule has 0 atom stereocenters. The van der Waals surface area contributed by atoms with Crippen molar-refractivity contribution < 1.29 is 9.53 Å². The van der Waals surface area contributed by atoms with E-state index in [0.717, 1.165) is 30.6 Å². The van der Waals surface area contributed by atoms with Crippen molar-refractivity contribution in [1.82, 2.24) is 4.98 Å². The number of hydrogen-bond donors (Lipinski definition) is 0. The van der Waals surface area contributed by atoms with Crippen molar-refractivity contribution >= 4 is 12.0 Å². The number of rotatable bonds is 4. The van der Waals surface area contributed by atoms with Crippen LogP contribution in [0.15, 0.2) is 12.3 Å². The zero-order chi connectivity index (χ0) is 10.8. The second kappa shape index (κ2) is 3.88. The predicted molar refractivity (Wildman–Crippen MR) is 57.6 cm³/mol. The molecule has 4 heteroatoms. The van der Waals surface area contributed by atoms with Crippen LogP contribution in [0.5, 0.6) is 5.75 Å². The first kappa shape index (κ1) is 9.96. The first-order valence-corrected chi connectivity index (χ1v) is 5.00. The number of pyridine rings is 1. The van der Waals surface area contributed by atoms with Crippen LogP contribution in [0.3, 0.4) is 0 Å². The van der Waals surface area contributed by atoms with Crippen LogP contribution in [0.1, 0.15) is 23.3 Å². The first-order valence-electron chi connectivity index (χ1n) is 5.00. The maximum atomic E-state index is 10.8. The lowest BCUT2D eigenvalue weighted by Gasteiger charge is -2.18. The summed E-state index contributed by atoms with van der Waals surface area (Å²) in [5.41, 5.74) is 1.19. The average molecular weight is 206 g/mol. The Labute approximate surface area is 88.9 Å². The van der Waals surface area contributed by atoms with Crippen LogP contribution in [-0.4, -0.2) is 31.5 Å². The summed E-state index contributed by atoms with van der Waals surface area (Å²) in [4.78, 5) is 16.7. The Morgan fingerprint density at radius 1 is 1.53 bits per heavy atom. The Balaban J connectivity index is 2.36.